The summed E-state index contributed by atoms with van der Waals surface area (Å²) in [6, 6.07) is -0.908. The monoisotopic (exact) mass is 516 g/mol. The van der Waals surface area contributed by atoms with Gasteiger partial charge >= 0.3 is 23.9 Å². The smallest absolute Gasteiger partial charge is 0.320 e. The lowest BCUT2D eigenvalue weighted by atomic mass is 10.0. The second kappa shape index (κ2) is 16.2. The molecule has 1 heterocycles. The summed E-state index contributed by atoms with van der Waals surface area (Å²) in [7, 11) is 0. The fraction of sp³-hybridized carbons (Fsp3) is 0.783. The van der Waals surface area contributed by atoms with E-state index in [2.05, 4.69) is 0 Å². The fourth-order valence-corrected chi connectivity index (χ4v) is 4.13. The van der Waals surface area contributed by atoms with Crippen LogP contribution in [0.25, 0.3) is 0 Å². The topological polar surface area (TPSA) is 179 Å². The molecule has 1 atom stereocenters. The first-order valence-corrected chi connectivity index (χ1v) is 12.2. The van der Waals surface area contributed by atoms with Crippen molar-refractivity contribution in [3.8, 4) is 0 Å². The van der Waals surface area contributed by atoms with Gasteiger partial charge < -0.3 is 20.4 Å². The molecule has 0 spiro atoms. The molecule has 0 saturated carbocycles. The van der Waals surface area contributed by atoms with Gasteiger partial charge in [0, 0.05) is 64.7 Å². The van der Waals surface area contributed by atoms with Crippen LogP contribution in [0.4, 0.5) is 0 Å². The molecule has 1 fully saturated rings. The summed E-state index contributed by atoms with van der Waals surface area (Å²) < 4.78 is 0. The van der Waals surface area contributed by atoms with Gasteiger partial charge in [-0.3, -0.25) is 43.6 Å². The van der Waals surface area contributed by atoms with E-state index < -0.39 is 29.9 Å². The van der Waals surface area contributed by atoms with Crippen LogP contribution in [0.5, 0.6) is 0 Å². The molecule has 0 radical (unpaired) electrons. The van der Waals surface area contributed by atoms with E-state index in [1.807, 2.05) is 0 Å². The summed E-state index contributed by atoms with van der Waals surface area (Å²) >= 11 is 0. The molecule has 0 amide bonds. The van der Waals surface area contributed by atoms with Crippen molar-refractivity contribution in [1.29, 1.82) is 0 Å². The van der Waals surface area contributed by atoms with Crippen LogP contribution in [0.1, 0.15) is 33.1 Å². The van der Waals surface area contributed by atoms with E-state index >= 15 is 0 Å². The number of carboxylic acids is 4. The molecule has 1 aliphatic rings. The lowest BCUT2D eigenvalue weighted by molar-refractivity contribution is -0.145. The molecular weight excluding hydrogens is 476 g/mol. The number of hydrogen-bond donors (Lipinski definition) is 4. The molecule has 4 N–H and O–H groups in total. The van der Waals surface area contributed by atoms with Crippen LogP contribution in [0, 0.1) is 5.92 Å². The summed E-state index contributed by atoms with van der Waals surface area (Å²) in [6.45, 7) is 4.73. The van der Waals surface area contributed by atoms with Crippen molar-refractivity contribution in [2.75, 3.05) is 72.0 Å². The first kappa shape index (κ1) is 31.4. The Hall–Kier alpha value is -2.61. The fourth-order valence-electron chi connectivity index (χ4n) is 4.13. The average Bonchev–Trinajstić information content (AvgIpc) is 2.75. The zero-order valence-corrected chi connectivity index (χ0v) is 21.2. The minimum Gasteiger partial charge on any atom is -0.480 e. The molecule has 1 aliphatic heterocycles. The molecule has 0 aromatic carbocycles. The van der Waals surface area contributed by atoms with Crippen molar-refractivity contribution in [3.63, 3.8) is 0 Å². The molecule has 13 nitrogen and oxygen atoms in total. The van der Waals surface area contributed by atoms with E-state index in [0.717, 1.165) is 0 Å². The summed E-state index contributed by atoms with van der Waals surface area (Å²) in [5.41, 5.74) is 0. The number of nitrogens with zero attached hydrogens (tertiary/aromatic N) is 4. The number of hydrogen-bond acceptors (Lipinski definition) is 9. The Labute approximate surface area is 211 Å². The minimum atomic E-state index is -1.05. The Morgan fingerprint density at radius 1 is 0.639 bits per heavy atom. The highest BCUT2D eigenvalue weighted by Crippen LogP contribution is 2.13. The number of rotatable bonds is 13. The predicted octanol–water partition coefficient (Wildman–Crippen LogP) is -0.690. The molecule has 1 saturated heterocycles. The van der Waals surface area contributed by atoms with Crippen molar-refractivity contribution in [2.45, 2.75) is 39.2 Å². The van der Waals surface area contributed by atoms with Crippen molar-refractivity contribution in [1.82, 2.24) is 19.6 Å². The predicted molar refractivity (Wildman–Crippen MR) is 129 cm³/mol. The van der Waals surface area contributed by atoms with Crippen LogP contribution in [0.2, 0.25) is 0 Å². The maximum atomic E-state index is 12.1. The van der Waals surface area contributed by atoms with Gasteiger partial charge in [0.25, 0.3) is 0 Å². The highest BCUT2D eigenvalue weighted by Gasteiger charge is 2.28. The minimum absolute atomic E-state index is 0.0546. The van der Waals surface area contributed by atoms with Gasteiger partial charge in [-0.25, -0.2) is 0 Å². The molecule has 0 unspecified atom stereocenters. The standard InChI is InChI=1S/C23H40N4O9/c1-17(2)19(28)5-3-4-18(23(35)36)27-12-10-25(15-21(31)32)8-6-24(14-20(29)30)7-9-26(11-13-27)16-22(33)34/h17-18H,3-16H2,1-2H3,(H,29,30)(H,31,32)(H,33,34)(H,35,36)/t18-/m1/s1. The normalized spacial score (nSPS) is 18.8. The number of carbonyl (C=O) groups is 5. The Morgan fingerprint density at radius 3 is 1.31 bits per heavy atom. The van der Waals surface area contributed by atoms with Gasteiger partial charge in [0.05, 0.1) is 19.6 Å². The van der Waals surface area contributed by atoms with E-state index in [0.29, 0.717) is 6.42 Å². The molecule has 0 aromatic rings. The Balaban J connectivity index is 3.08. The van der Waals surface area contributed by atoms with Crippen molar-refractivity contribution in [3.05, 3.63) is 0 Å². The largest absolute Gasteiger partial charge is 0.480 e. The maximum Gasteiger partial charge on any atom is 0.320 e. The van der Waals surface area contributed by atoms with Crippen LogP contribution < -0.4 is 0 Å². The third kappa shape index (κ3) is 12.9. The number of ketones is 1. The summed E-state index contributed by atoms with van der Waals surface area (Å²) in [4.78, 5) is 64.8. The van der Waals surface area contributed by atoms with E-state index in [-0.39, 0.29) is 96.5 Å². The van der Waals surface area contributed by atoms with Gasteiger partial charge in [-0.1, -0.05) is 13.8 Å². The zero-order chi connectivity index (χ0) is 27.3. The molecule has 0 bridgehead atoms. The van der Waals surface area contributed by atoms with Gasteiger partial charge in [0.1, 0.15) is 11.8 Å². The highest BCUT2D eigenvalue weighted by molar-refractivity contribution is 5.80. The zero-order valence-electron chi connectivity index (χ0n) is 21.2. The third-order valence-corrected chi connectivity index (χ3v) is 6.22. The van der Waals surface area contributed by atoms with E-state index in [1.165, 1.54) is 0 Å². The Bertz CT molecular complexity index is 730. The van der Waals surface area contributed by atoms with Gasteiger partial charge in [-0.2, -0.15) is 0 Å². The summed E-state index contributed by atoms with van der Waals surface area (Å²) in [5, 5.41) is 37.8. The van der Waals surface area contributed by atoms with Crippen LogP contribution in [-0.2, 0) is 24.0 Å². The molecular formula is C23H40N4O9. The van der Waals surface area contributed by atoms with Gasteiger partial charge in [-0.05, 0) is 12.8 Å². The SMILES string of the molecule is CC(C)C(=O)CCC[C@H](C(=O)O)N1CCN(CC(=O)O)CCN(CC(=O)O)CCN(CC(=O)O)CC1. The lowest BCUT2D eigenvalue weighted by Crippen LogP contribution is -2.51. The van der Waals surface area contributed by atoms with Gasteiger partial charge in [-0.15, -0.1) is 0 Å². The maximum absolute atomic E-state index is 12.1. The number of aliphatic carboxylic acids is 4. The second-order valence-corrected chi connectivity index (χ2v) is 9.41. The third-order valence-electron chi connectivity index (χ3n) is 6.22. The molecule has 13 heteroatoms. The Morgan fingerprint density at radius 2 is 1.00 bits per heavy atom. The Kier molecular flexibility index (Phi) is 14.1. The van der Waals surface area contributed by atoms with Gasteiger partial charge in [0.15, 0.2) is 0 Å². The lowest BCUT2D eigenvalue weighted by Gasteiger charge is -2.35. The molecule has 1 rings (SSSR count). The van der Waals surface area contributed by atoms with Crippen LogP contribution in [0.15, 0.2) is 0 Å². The number of carbonyl (C=O) groups excluding carboxylic acids is 1. The van der Waals surface area contributed by atoms with Crippen molar-refractivity contribution >= 4 is 29.7 Å². The first-order chi connectivity index (χ1) is 16.9. The molecule has 36 heavy (non-hydrogen) atoms. The molecule has 206 valence electrons. The highest BCUT2D eigenvalue weighted by atomic mass is 16.4. The molecule has 0 aliphatic carbocycles. The van der Waals surface area contributed by atoms with Crippen LogP contribution in [0.3, 0.4) is 0 Å². The van der Waals surface area contributed by atoms with E-state index in [9.17, 15) is 44.4 Å². The second-order valence-electron chi connectivity index (χ2n) is 9.41. The van der Waals surface area contributed by atoms with Crippen LogP contribution in [-0.4, -0.2) is 148 Å². The first-order valence-electron chi connectivity index (χ1n) is 12.2. The van der Waals surface area contributed by atoms with E-state index in [4.69, 9.17) is 0 Å². The number of Topliss-reactive ketones (excluding diaryl/α,β-unsaturated/α-hetero) is 1. The molecule has 0 aromatic heterocycles. The van der Waals surface area contributed by atoms with Crippen molar-refractivity contribution in [2.24, 2.45) is 5.92 Å². The quantitative estimate of drug-likeness (QED) is 0.242. The van der Waals surface area contributed by atoms with Crippen molar-refractivity contribution < 1.29 is 44.4 Å². The van der Waals surface area contributed by atoms with E-state index in [1.54, 1.807) is 33.4 Å². The van der Waals surface area contributed by atoms with Crippen LogP contribution >= 0.6 is 0 Å². The number of carboxylic acid groups (broad SMARTS) is 4. The summed E-state index contributed by atoms with van der Waals surface area (Å²) in [6.07, 6.45) is 0.898. The summed E-state index contributed by atoms with van der Waals surface area (Å²) in [5.74, 6) is -4.27. The van der Waals surface area contributed by atoms with Gasteiger partial charge in [0.2, 0.25) is 0 Å². The average molecular weight is 517 g/mol.